The van der Waals surface area contributed by atoms with E-state index in [0.29, 0.717) is 6.04 Å². The second-order valence-electron chi connectivity index (χ2n) is 6.87. The number of aryl methyl sites for hydroxylation is 2. The molecule has 1 aliphatic carbocycles. The first-order valence-electron chi connectivity index (χ1n) is 8.85. The maximum Gasteiger partial charge on any atom is 0.0498 e. The van der Waals surface area contributed by atoms with Crippen LogP contribution in [0.2, 0.25) is 0 Å². The van der Waals surface area contributed by atoms with E-state index in [9.17, 15) is 4.21 Å². The van der Waals surface area contributed by atoms with Crippen molar-refractivity contribution in [1.82, 2.24) is 5.32 Å². The van der Waals surface area contributed by atoms with Crippen molar-refractivity contribution in [2.45, 2.75) is 56.5 Å². The second-order valence-corrected chi connectivity index (χ2v) is 8.25. The maximum atomic E-state index is 11.5. The summed E-state index contributed by atoms with van der Waals surface area (Å²) in [5.41, 5.74) is 5.67. The van der Waals surface area contributed by atoms with Crippen LogP contribution in [0.4, 0.5) is 0 Å². The molecule has 3 rings (SSSR count). The Labute approximate surface area is 148 Å². The predicted octanol–water partition coefficient (Wildman–Crippen LogP) is 4.71. The normalized spacial score (nSPS) is 17.8. The van der Waals surface area contributed by atoms with Gasteiger partial charge in [-0.3, -0.25) is 4.21 Å². The lowest BCUT2D eigenvalue weighted by molar-refractivity contribution is 0.493. The van der Waals surface area contributed by atoms with E-state index in [2.05, 4.69) is 49.5 Å². The average Bonchev–Trinajstić information content (AvgIpc) is 2.61. The third kappa shape index (κ3) is 3.96. The van der Waals surface area contributed by atoms with Crippen LogP contribution in [0.25, 0.3) is 0 Å². The topological polar surface area (TPSA) is 29.1 Å². The highest BCUT2D eigenvalue weighted by Crippen LogP contribution is 2.26. The van der Waals surface area contributed by atoms with Crippen molar-refractivity contribution in [2.75, 3.05) is 6.26 Å². The number of fused-ring (bicyclic) bond motifs is 1. The molecule has 2 aromatic carbocycles. The van der Waals surface area contributed by atoms with Crippen molar-refractivity contribution in [1.29, 1.82) is 0 Å². The van der Waals surface area contributed by atoms with Gasteiger partial charge in [-0.15, -0.1) is 0 Å². The van der Waals surface area contributed by atoms with Crippen molar-refractivity contribution < 1.29 is 4.21 Å². The molecule has 2 nitrogen and oxygen atoms in total. The summed E-state index contributed by atoms with van der Waals surface area (Å²) < 4.78 is 11.5. The number of rotatable bonds is 5. The summed E-state index contributed by atoms with van der Waals surface area (Å²) in [7, 11) is -0.913. The van der Waals surface area contributed by atoms with E-state index in [1.54, 1.807) is 6.26 Å². The van der Waals surface area contributed by atoms with Gasteiger partial charge in [0.1, 0.15) is 0 Å². The van der Waals surface area contributed by atoms with Crippen molar-refractivity contribution in [3.8, 4) is 0 Å². The lowest BCUT2D eigenvalue weighted by Crippen LogP contribution is -2.22. The number of hydrogen-bond acceptors (Lipinski definition) is 2. The zero-order valence-electron chi connectivity index (χ0n) is 14.8. The molecule has 0 heterocycles. The van der Waals surface area contributed by atoms with Crippen LogP contribution in [0.5, 0.6) is 0 Å². The van der Waals surface area contributed by atoms with Gasteiger partial charge in [0, 0.05) is 34.0 Å². The smallest absolute Gasteiger partial charge is 0.0498 e. The van der Waals surface area contributed by atoms with E-state index < -0.39 is 10.8 Å². The van der Waals surface area contributed by atoms with Gasteiger partial charge in [0.15, 0.2) is 0 Å². The fourth-order valence-electron chi connectivity index (χ4n) is 3.54. The van der Waals surface area contributed by atoms with E-state index in [4.69, 9.17) is 0 Å². The summed E-state index contributed by atoms with van der Waals surface area (Å²) >= 11 is 0. The van der Waals surface area contributed by atoms with Crippen molar-refractivity contribution >= 4 is 10.8 Å². The summed E-state index contributed by atoms with van der Waals surface area (Å²) in [5.74, 6) is 0. The molecule has 1 aliphatic rings. The summed E-state index contributed by atoms with van der Waals surface area (Å²) in [5, 5.41) is 3.69. The summed E-state index contributed by atoms with van der Waals surface area (Å²) in [4.78, 5) is 0.883. The van der Waals surface area contributed by atoms with E-state index in [1.165, 1.54) is 47.9 Å². The van der Waals surface area contributed by atoms with Crippen LogP contribution in [0.1, 0.15) is 61.0 Å². The lowest BCUT2D eigenvalue weighted by Gasteiger charge is -2.23. The molecular weight excluding hydrogens is 314 g/mol. The molecule has 0 unspecified atom stereocenters. The Bertz CT molecular complexity index is 723. The molecule has 128 valence electrons. The second kappa shape index (κ2) is 7.62. The Balaban J connectivity index is 1.69. The molecular formula is C21H27NOS. The van der Waals surface area contributed by atoms with Crippen molar-refractivity contribution in [3.63, 3.8) is 0 Å². The standard InChI is InChI=1S/C21H27NOS/c1-15(17-10-12-21(13-11-17)24(3)23)22-16(2)19-9-8-18-6-4-5-7-20(18)14-19/h8-16,22H,4-7H2,1-3H3/t15-,16+,24+/m0/s1. The van der Waals surface area contributed by atoms with Gasteiger partial charge in [0.05, 0.1) is 0 Å². The van der Waals surface area contributed by atoms with Crippen molar-refractivity contribution in [2.24, 2.45) is 0 Å². The molecule has 2 aromatic rings. The molecule has 3 atom stereocenters. The van der Waals surface area contributed by atoms with Gasteiger partial charge in [0.25, 0.3) is 0 Å². The summed E-state index contributed by atoms with van der Waals surface area (Å²) in [6, 6.07) is 15.6. The van der Waals surface area contributed by atoms with Gasteiger partial charge in [-0.1, -0.05) is 30.3 Å². The Kier molecular flexibility index (Phi) is 5.52. The van der Waals surface area contributed by atoms with Crippen LogP contribution in [-0.2, 0) is 23.6 Å². The van der Waals surface area contributed by atoms with Gasteiger partial charge in [-0.25, -0.2) is 0 Å². The SMILES string of the molecule is C[C@H](N[C@H](C)c1ccc2c(c1)CCCC2)c1ccc([S@@](C)=O)cc1. The molecule has 0 amide bonds. The van der Waals surface area contributed by atoms with Crippen LogP contribution in [0.15, 0.2) is 47.4 Å². The lowest BCUT2D eigenvalue weighted by atomic mass is 9.89. The molecule has 0 aromatic heterocycles. The molecule has 0 saturated heterocycles. The maximum absolute atomic E-state index is 11.5. The average molecular weight is 342 g/mol. The van der Waals surface area contributed by atoms with Gasteiger partial charge in [-0.05, 0) is 73.9 Å². The molecule has 3 heteroatoms. The highest BCUT2D eigenvalue weighted by Gasteiger charge is 2.15. The minimum Gasteiger partial charge on any atom is -0.304 e. The quantitative estimate of drug-likeness (QED) is 0.853. The van der Waals surface area contributed by atoms with Gasteiger partial charge < -0.3 is 5.32 Å². The monoisotopic (exact) mass is 341 g/mol. The fourth-order valence-corrected chi connectivity index (χ4v) is 4.06. The molecule has 0 fully saturated rings. The zero-order valence-corrected chi connectivity index (χ0v) is 15.7. The van der Waals surface area contributed by atoms with Gasteiger partial charge in [-0.2, -0.15) is 0 Å². The Morgan fingerprint density at radius 1 is 0.875 bits per heavy atom. The fraction of sp³-hybridized carbons (Fsp3) is 0.429. The molecule has 0 saturated carbocycles. The third-order valence-electron chi connectivity index (χ3n) is 5.08. The molecule has 0 bridgehead atoms. The molecule has 0 radical (unpaired) electrons. The zero-order chi connectivity index (χ0) is 17.1. The third-order valence-corrected chi connectivity index (χ3v) is 6.02. The first-order chi connectivity index (χ1) is 11.5. The molecule has 0 aliphatic heterocycles. The Morgan fingerprint density at radius 3 is 2.12 bits per heavy atom. The van der Waals surface area contributed by atoms with Crippen LogP contribution < -0.4 is 5.32 Å². The summed E-state index contributed by atoms with van der Waals surface area (Å²) in [6.45, 7) is 4.42. The largest absolute Gasteiger partial charge is 0.304 e. The number of nitrogens with one attached hydrogen (secondary N) is 1. The predicted molar refractivity (Wildman–Crippen MR) is 102 cm³/mol. The van der Waals surface area contributed by atoms with Crippen molar-refractivity contribution in [3.05, 3.63) is 64.7 Å². The van der Waals surface area contributed by atoms with E-state index in [1.807, 2.05) is 12.1 Å². The van der Waals surface area contributed by atoms with Gasteiger partial charge in [0.2, 0.25) is 0 Å². The number of benzene rings is 2. The molecule has 0 spiro atoms. The van der Waals surface area contributed by atoms with E-state index >= 15 is 0 Å². The first kappa shape index (κ1) is 17.4. The highest BCUT2D eigenvalue weighted by molar-refractivity contribution is 7.84. The Hall–Kier alpha value is -1.45. The van der Waals surface area contributed by atoms with Crippen LogP contribution >= 0.6 is 0 Å². The van der Waals surface area contributed by atoms with E-state index in [0.717, 1.165) is 4.90 Å². The first-order valence-corrected chi connectivity index (χ1v) is 10.4. The van der Waals surface area contributed by atoms with Gasteiger partial charge >= 0.3 is 0 Å². The molecule has 24 heavy (non-hydrogen) atoms. The van der Waals surface area contributed by atoms with Crippen LogP contribution in [0, 0.1) is 0 Å². The van der Waals surface area contributed by atoms with Crippen LogP contribution in [-0.4, -0.2) is 10.5 Å². The molecule has 1 N–H and O–H groups in total. The Morgan fingerprint density at radius 2 is 1.46 bits per heavy atom. The summed E-state index contributed by atoms with van der Waals surface area (Å²) in [6.07, 6.45) is 6.82. The van der Waals surface area contributed by atoms with E-state index in [-0.39, 0.29) is 6.04 Å². The minimum absolute atomic E-state index is 0.260. The number of hydrogen-bond donors (Lipinski definition) is 1. The highest BCUT2D eigenvalue weighted by atomic mass is 32.2. The van der Waals surface area contributed by atoms with Crippen LogP contribution in [0.3, 0.4) is 0 Å². The minimum atomic E-state index is -0.913.